The van der Waals surface area contributed by atoms with Gasteiger partial charge in [-0.1, -0.05) is 24.3 Å². The van der Waals surface area contributed by atoms with E-state index in [1.807, 2.05) is 60.7 Å². The van der Waals surface area contributed by atoms with Crippen molar-refractivity contribution in [2.75, 3.05) is 0 Å². The first kappa shape index (κ1) is 19.6. The van der Waals surface area contributed by atoms with E-state index in [0.29, 0.717) is 0 Å². The molecule has 1 aliphatic rings. The normalized spacial score (nSPS) is 13.7. The average molecular weight is 457 g/mol. The zero-order chi connectivity index (χ0) is 14.1. The first-order valence-electron chi connectivity index (χ1n) is 7.12. The number of rotatable bonds is 0. The summed E-state index contributed by atoms with van der Waals surface area (Å²) in [6, 6.07) is 25.0. The Balaban J connectivity index is 0.000000283. The van der Waals surface area contributed by atoms with Crippen LogP contribution in [0.3, 0.4) is 0 Å². The Morgan fingerprint density at radius 3 is 0.857 bits per heavy atom. The number of hydrogen-bond donors (Lipinski definition) is 0. The maximum atomic E-state index is 2.89. The third-order valence-corrected chi connectivity index (χ3v) is 2.55. The summed E-state index contributed by atoms with van der Waals surface area (Å²) in [4.78, 5) is 0. The Labute approximate surface area is 143 Å². The number of benzene rings is 2. The molecule has 2 aromatic rings. The van der Waals surface area contributed by atoms with Gasteiger partial charge in [-0.3, -0.25) is 0 Å². The minimum Gasteiger partial charge on any atom is -0.184 e. The molecule has 0 unspecified atom stereocenters. The van der Waals surface area contributed by atoms with Crippen molar-refractivity contribution in [3.05, 3.63) is 97.1 Å². The van der Waals surface area contributed by atoms with Gasteiger partial charge in [0.15, 0.2) is 0 Å². The van der Waals surface area contributed by atoms with E-state index in [1.165, 1.54) is 25.7 Å². The molecule has 3 rings (SSSR count). The van der Waals surface area contributed by atoms with Crippen LogP contribution in [0.2, 0.25) is 0 Å². The maximum absolute atomic E-state index is 2.89. The van der Waals surface area contributed by atoms with Crippen LogP contribution in [0.1, 0.15) is 25.7 Å². The molecule has 0 saturated heterocycles. The fourth-order valence-corrected chi connectivity index (χ4v) is 1.54. The molecule has 1 heteroatoms. The molecule has 0 atom stereocenters. The molecule has 0 nitrogen and oxygen atoms in total. The topological polar surface area (TPSA) is 0 Å². The fourth-order valence-electron chi connectivity index (χ4n) is 1.54. The van der Waals surface area contributed by atoms with Crippen molar-refractivity contribution in [3.8, 4) is 0 Å². The van der Waals surface area contributed by atoms with E-state index in [0.717, 1.165) is 0 Å². The van der Waals surface area contributed by atoms with Crippen LogP contribution in [0, 0.1) is 12.1 Å². The summed E-state index contributed by atoms with van der Waals surface area (Å²) in [6.07, 6.45) is 14.0. The standard InChI is InChI=1S/C8H12.2C6H5.Pt/c1-2-4-6-8-7-5-3-1;2*1-2-4-6-5-3-1;/h1-2,7-8H,3-6H2;2*1-5H;/q;2*-1;+2/b2-1-,8-7?;;;. The molecule has 1 aliphatic carbocycles. The van der Waals surface area contributed by atoms with Crippen molar-refractivity contribution in [2.24, 2.45) is 0 Å². The average Bonchev–Trinajstić information content (AvgIpc) is 2.51. The molecule has 21 heavy (non-hydrogen) atoms. The first-order chi connectivity index (χ1) is 10.0. The molecule has 0 N–H and O–H groups in total. The minimum absolute atomic E-state index is 0. The van der Waals surface area contributed by atoms with Crippen LogP contribution in [0.4, 0.5) is 0 Å². The zero-order valence-electron chi connectivity index (χ0n) is 12.2. The van der Waals surface area contributed by atoms with Crippen molar-refractivity contribution in [2.45, 2.75) is 25.7 Å². The summed E-state index contributed by atoms with van der Waals surface area (Å²) in [6.45, 7) is 0. The first-order valence-corrected chi connectivity index (χ1v) is 7.12. The second kappa shape index (κ2) is 16.7. The van der Waals surface area contributed by atoms with Crippen LogP contribution in [0.15, 0.2) is 85.0 Å². The van der Waals surface area contributed by atoms with Gasteiger partial charge in [-0.2, -0.15) is 72.8 Å². The monoisotopic (exact) mass is 457 g/mol. The fraction of sp³-hybridized carbons (Fsp3) is 0.200. The molecule has 0 saturated carbocycles. The molecule has 0 spiro atoms. The summed E-state index contributed by atoms with van der Waals surface area (Å²) in [7, 11) is 0. The van der Waals surface area contributed by atoms with Gasteiger partial charge < -0.3 is 0 Å². The molecule has 0 aromatic heterocycles. The van der Waals surface area contributed by atoms with Gasteiger partial charge in [-0.25, -0.2) is 0 Å². The van der Waals surface area contributed by atoms with Crippen LogP contribution in [0.5, 0.6) is 0 Å². The van der Waals surface area contributed by atoms with Crippen LogP contribution in [0.25, 0.3) is 0 Å². The van der Waals surface area contributed by atoms with Gasteiger partial charge in [-0.05, 0) is 25.7 Å². The van der Waals surface area contributed by atoms with Gasteiger partial charge in [0.05, 0.1) is 0 Å². The Morgan fingerprint density at radius 2 is 0.714 bits per heavy atom. The molecule has 112 valence electrons. The van der Waals surface area contributed by atoms with Gasteiger partial charge >= 0.3 is 21.1 Å². The van der Waals surface area contributed by atoms with E-state index in [1.54, 1.807) is 0 Å². The quantitative estimate of drug-likeness (QED) is 0.355. The summed E-state index contributed by atoms with van der Waals surface area (Å²) >= 11 is 0. The molecule has 0 aliphatic heterocycles. The molecule has 2 aromatic carbocycles. The smallest absolute Gasteiger partial charge is 0.184 e. The summed E-state index contributed by atoms with van der Waals surface area (Å²) < 4.78 is 0. The summed E-state index contributed by atoms with van der Waals surface area (Å²) in [5.74, 6) is 0. The van der Waals surface area contributed by atoms with Gasteiger partial charge in [0, 0.05) is 0 Å². The second-order valence-corrected chi connectivity index (χ2v) is 4.25. The van der Waals surface area contributed by atoms with Crippen molar-refractivity contribution in [1.29, 1.82) is 0 Å². The Hall–Kier alpha value is -1.39. The predicted molar refractivity (Wildman–Crippen MR) is 87.3 cm³/mol. The Morgan fingerprint density at radius 1 is 0.429 bits per heavy atom. The SMILES string of the molecule is C1=CCC/C=C\CC1.[Pt+2].[c-]1ccccc1.[c-]1ccccc1. The second-order valence-electron chi connectivity index (χ2n) is 4.25. The molecule has 0 bridgehead atoms. The van der Waals surface area contributed by atoms with Crippen LogP contribution < -0.4 is 0 Å². The van der Waals surface area contributed by atoms with Crippen molar-refractivity contribution in [3.63, 3.8) is 0 Å². The van der Waals surface area contributed by atoms with Gasteiger partial charge in [0.1, 0.15) is 0 Å². The van der Waals surface area contributed by atoms with Gasteiger partial charge in [0.25, 0.3) is 0 Å². The third-order valence-electron chi connectivity index (χ3n) is 2.55. The molecule has 0 heterocycles. The molecule has 0 radical (unpaired) electrons. The van der Waals surface area contributed by atoms with E-state index < -0.39 is 0 Å². The number of allylic oxidation sites excluding steroid dienone is 4. The van der Waals surface area contributed by atoms with E-state index in [2.05, 4.69) is 36.4 Å². The number of hydrogen-bond acceptors (Lipinski definition) is 0. The van der Waals surface area contributed by atoms with Crippen LogP contribution in [-0.2, 0) is 21.1 Å². The molecule has 0 fully saturated rings. The molecular formula is C20H22Pt. The van der Waals surface area contributed by atoms with Crippen LogP contribution in [-0.4, -0.2) is 0 Å². The van der Waals surface area contributed by atoms with Gasteiger partial charge in [0.2, 0.25) is 0 Å². The molecular weight excluding hydrogens is 435 g/mol. The van der Waals surface area contributed by atoms with E-state index in [-0.39, 0.29) is 21.1 Å². The van der Waals surface area contributed by atoms with Crippen molar-refractivity contribution in [1.82, 2.24) is 0 Å². The maximum Gasteiger partial charge on any atom is 2.00 e. The third kappa shape index (κ3) is 14.8. The van der Waals surface area contributed by atoms with E-state index in [4.69, 9.17) is 0 Å². The Kier molecular flexibility index (Phi) is 15.6. The van der Waals surface area contributed by atoms with E-state index >= 15 is 0 Å². The predicted octanol–water partition coefficient (Wildman–Crippen LogP) is 5.64. The largest absolute Gasteiger partial charge is 2.00 e. The molecule has 0 amide bonds. The van der Waals surface area contributed by atoms with E-state index in [9.17, 15) is 0 Å². The van der Waals surface area contributed by atoms with Crippen LogP contribution >= 0.6 is 0 Å². The summed E-state index contributed by atoms with van der Waals surface area (Å²) in [5.41, 5.74) is 0. The van der Waals surface area contributed by atoms with Gasteiger partial charge in [-0.15, -0.1) is 0 Å². The minimum atomic E-state index is 0. The Bertz CT molecular complexity index is 335. The van der Waals surface area contributed by atoms with Crippen molar-refractivity contribution < 1.29 is 21.1 Å². The van der Waals surface area contributed by atoms with Crippen molar-refractivity contribution >= 4 is 0 Å². The zero-order valence-corrected chi connectivity index (χ0v) is 14.5. The summed E-state index contributed by atoms with van der Waals surface area (Å²) in [5, 5.41) is 0.